The molecule has 0 unspecified atom stereocenters. The zero-order valence-corrected chi connectivity index (χ0v) is 17.6. The molecule has 0 aliphatic carbocycles. The zero-order chi connectivity index (χ0) is 20.1. The van der Waals surface area contributed by atoms with Crippen molar-refractivity contribution in [2.45, 2.75) is 33.2 Å². The largest absolute Gasteiger partial charge is 0.484 e. The van der Waals surface area contributed by atoms with Gasteiger partial charge in [0.25, 0.3) is 11.8 Å². The van der Waals surface area contributed by atoms with E-state index >= 15 is 0 Å². The number of hydrogen-bond donors (Lipinski definition) is 1. The second kappa shape index (κ2) is 9.01. The van der Waals surface area contributed by atoms with Crippen LogP contribution in [0.15, 0.2) is 51.5 Å². The summed E-state index contributed by atoms with van der Waals surface area (Å²) in [5, 5.41) is 6.93. The van der Waals surface area contributed by atoms with Crippen LogP contribution in [0.3, 0.4) is 0 Å². The Morgan fingerprint density at radius 1 is 1.25 bits per heavy atom. The van der Waals surface area contributed by atoms with Crippen molar-refractivity contribution < 1.29 is 14.1 Å². The Morgan fingerprint density at radius 3 is 2.79 bits per heavy atom. The van der Waals surface area contributed by atoms with Gasteiger partial charge in [0, 0.05) is 10.0 Å². The van der Waals surface area contributed by atoms with Crippen molar-refractivity contribution in [3.63, 3.8) is 0 Å². The van der Waals surface area contributed by atoms with Crippen LogP contribution in [-0.2, 0) is 4.79 Å². The van der Waals surface area contributed by atoms with Gasteiger partial charge in [0.15, 0.2) is 12.4 Å². The third-order valence-corrected chi connectivity index (χ3v) is 4.75. The Morgan fingerprint density at radius 2 is 2.07 bits per heavy atom. The molecule has 0 saturated carbocycles. The van der Waals surface area contributed by atoms with Crippen LogP contribution in [0.2, 0.25) is 0 Å². The molecule has 3 aromatic rings. The fraction of sp³-hybridized carbons (Fsp3) is 0.286. The maximum Gasteiger partial charge on any atom is 0.258 e. The van der Waals surface area contributed by atoms with E-state index in [9.17, 15) is 4.79 Å². The maximum atomic E-state index is 12.3. The highest BCUT2D eigenvalue weighted by Crippen LogP contribution is 2.23. The first-order chi connectivity index (χ1) is 13.5. The molecule has 0 saturated heterocycles. The molecule has 0 radical (unpaired) electrons. The second-order valence-electron chi connectivity index (χ2n) is 6.55. The predicted octanol–water partition coefficient (Wildman–Crippen LogP) is 4.76. The number of carbonyl (C=O) groups is 1. The molecule has 7 heteroatoms. The SMILES string of the molecule is CC[C@H](NC(=O)COc1ccc(C)cc1C)c1noc(-c2cccc(Br)c2)n1. The maximum absolute atomic E-state index is 12.3. The summed E-state index contributed by atoms with van der Waals surface area (Å²) < 4.78 is 11.9. The molecular formula is C21H22BrN3O3. The van der Waals surface area contributed by atoms with Crippen LogP contribution in [0, 0.1) is 13.8 Å². The van der Waals surface area contributed by atoms with Crippen molar-refractivity contribution in [2.24, 2.45) is 0 Å². The fourth-order valence-electron chi connectivity index (χ4n) is 2.80. The monoisotopic (exact) mass is 443 g/mol. The summed E-state index contributed by atoms with van der Waals surface area (Å²) in [6, 6.07) is 13.1. The zero-order valence-electron chi connectivity index (χ0n) is 16.0. The third kappa shape index (κ3) is 4.98. The molecule has 0 bridgehead atoms. The third-order valence-electron chi connectivity index (χ3n) is 4.26. The number of ether oxygens (including phenoxy) is 1. The van der Waals surface area contributed by atoms with Crippen LogP contribution >= 0.6 is 15.9 Å². The van der Waals surface area contributed by atoms with Crippen molar-refractivity contribution in [3.05, 3.63) is 63.9 Å². The lowest BCUT2D eigenvalue weighted by Crippen LogP contribution is -2.33. The molecule has 1 aromatic heterocycles. The minimum absolute atomic E-state index is 0.0727. The molecule has 1 N–H and O–H groups in total. The van der Waals surface area contributed by atoms with Crippen LogP contribution in [0.25, 0.3) is 11.5 Å². The number of aromatic nitrogens is 2. The van der Waals surface area contributed by atoms with Crippen molar-refractivity contribution in [2.75, 3.05) is 6.61 Å². The van der Waals surface area contributed by atoms with Crippen LogP contribution < -0.4 is 10.1 Å². The minimum atomic E-state index is -0.347. The van der Waals surface area contributed by atoms with Gasteiger partial charge in [0.2, 0.25) is 0 Å². The normalized spacial score (nSPS) is 11.9. The van der Waals surface area contributed by atoms with Gasteiger partial charge in [-0.1, -0.05) is 51.8 Å². The molecular weight excluding hydrogens is 422 g/mol. The molecule has 0 aliphatic rings. The van der Waals surface area contributed by atoms with E-state index in [2.05, 4.69) is 31.4 Å². The Labute approximate surface area is 172 Å². The average molecular weight is 444 g/mol. The first-order valence-corrected chi connectivity index (χ1v) is 9.84. The van der Waals surface area contributed by atoms with Gasteiger partial charge in [-0.15, -0.1) is 0 Å². The highest BCUT2D eigenvalue weighted by Gasteiger charge is 2.20. The standard InChI is InChI=1S/C21H22BrN3O3/c1-4-17(20-24-21(28-25-20)15-6-5-7-16(22)11-15)23-19(26)12-27-18-9-8-13(2)10-14(18)3/h5-11,17H,4,12H2,1-3H3,(H,23,26)/t17-/m0/s1. The number of nitrogens with one attached hydrogen (secondary N) is 1. The van der Waals surface area contributed by atoms with Gasteiger partial charge in [-0.25, -0.2) is 0 Å². The molecule has 2 aromatic carbocycles. The molecule has 28 heavy (non-hydrogen) atoms. The van der Waals surface area contributed by atoms with Gasteiger partial charge in [-0.3, -0.25) is 4.79 Å². The van der Waals surface area contributed by atoms with E-state index in [1.807, 2.05) is 63.2 Å². The molecule has 3 rings (SSSR count). The minimum Gasteiger partial charge on any atom is -0.484 e. The van der Waals surface area contributed by atoms with E-state index in [-0.39, 0.29) is 18.6 Å². The van der Waals surface area contributed by atoms with E-state index < -0.39 is 0 Å². The van der Waals surface area contributed by atoms with Gasteiger partial charge in [-0.05, 0) is 50.1 Å². The predicted molar refractivity (Wildman–Crippen MR) is 110 cm³/mol. The number of aryl methyl sites for hydroxylation is 2. The first-order valence-electron chi connectivity index (χ1n) is 9.05. The Balaban J connectivity index is 1.63. The summed E-state index contributed by atoms with van der Waals surface area (Å²) in [4.78, 5) is 16.8. The number of amides is 1. The Hall–Kier alpha value is -2.67. The van der Waals surface area contributed by atoms with Gasteiger partial charge in [0.05, 0.1) is 6.04 Å². The molecule has 6 nitrogen and oxygen atoms in total. The summed E-state index contributed by atoms with van der Waals surface area (Å²) in [6.07, 6.45) is 0.632. The van der Waals surface area contributed by atoms with Crippen LogP contribution in [0.4, 0.5) is 0 Å². The van der Waals surface area contributed by atoms with Crippen molar-refractivity contribution in [1.82, 2.24) is 15.5 Å². The number of rotatable bonds is 7. The van der Waals surface area contributed by atoms with Crippen molar-refractivity contribution >= 4 is 21.8 Å². The molecule has 1 amide bonds. The number of halogens is 1. The van der Waals surface area contributed by atoms with Gasteiger partial charge < -0.3 is 14.6 Å². The molecule has 0 aliphatic heterocycles. The van der Waals surface area contributed by atoms with Crippen LogP contribution in [0.1, 0.15) is 36.3 Å². The summed E-state index contributed by atoms with van der Waals surface area (Å²) in [5.74, 6) is 1.32. The number of benzene rings is 2. The number of hydrogen-bond acceptors (Lipinski definition) is 5. The van der Waals surface area contributed by atoms with E-state index in [1.54, 1.807) is 0 Å². The molecule has 0 spiro atoms. The molecule has 1 heterocycles. The molecule has 146 valence electrons. The van der Waals surface area contributed by atoms with Crippen LogP contribution in [0.5, 0.6) is 5.75 Å². The van der Waals surface area contributed by atoms with Gasteiger partial charge in [0.1, 0.15) is 5.75 Å². The quantitative estimate of drug-likeness (QED) is 0.569. The van der Waals surface area contributed by atoms with E-state index in [0.717, 1.165) is 21.2 Å². The Kier molecular flexibility index (Phi) is 6.46. The topological polar surface area (TPSA) is 77.2 Å². The van der Waals surface area contributed by atoms with E-state index in [4.69, 9.17) is 9.26 Å². The fourth-order valence-corrected chi connectivity index (χ4v) is 3.20. The van der Waals surface area contributed by atoms with Gasteiger partial charge in [-0.2, -0.15) is 4.98 Å². The second-order valence-corrected chi connectivity index (χ2v) is 7.47. The number of nitrogens with zero attached hydrogens (tertiary/aromatic N) is 2. The summed E-state index contributed by atoms with van der Waals surface area (Å²) in [6.45, 7) is 5.85. The summed E-state index contributed by atoms with van der Waals surface area (Å²) in [7, 11) is 0. The first kappa shape index (κ1) is 20.1. The number of carbonyl (C=O) groups excluding carboxylic acids is 1. The van der Waals surface area contributed by atoms with E-state index in [1.165, 1.54) is 0 Å². The summed E-state index contributed by atoms with van der Waals surface area (Å²) >= 11 is 3.43. The van der Waals surface area contributed by atoms with Gasteiger partial charge >= 0.3 is 0 Å². The lowest BCUT2D eigenvalue weighted by atomic mass is 10.1. The van der Waals surface area contributed by atoms with Crippen molar-refractivity contribution in [3.8, 4) is 17.2 Å². The molecule has 0 fully saturated rings. The van der Waals surface area contributed by atoms with E-state index in [0.29, 0.717) is 23.9 Å². The highest BCUT2D eigenvalue weighted by molar-refractivity contribution is 9.10. The summed E-state index contributed by atoms with van der Waals surface area (Å²) in [5.41, 5.74) is 2.96. The molecule has 1 atom stereocenters. The lowest BCUT2D eigenvalue weighted by Gasteiger charge is -2.14. The van der Waals surface area contributed by atoms with Crippen LogP contribution in [-0.4, -0.2) is 22.7 Å². The highest BCUT2D eigenvalue weighted by atomic mass is 79.9. The smallest absolute Gasteiger partial charge is 0.258 e. The van der Waals surface area contributed by atoms with Crippen molar-refractivity contribution in [1.29, 1.82) is 0 Å². The lowest BCUT2D eigenvalue weighted by molar-refractivity contribution is -0.123. The Bertz CT molecular complexity index is 971. The average Bonchev–Trinajstić information content (AvgIpc) is 3.15.